The topological polar surface area (TPSA) is 27.7 Å². The first-order chi connectivity index (χ1) is 15.5. The number of benzene rings is 3. The minimum absolute atomic E-state index is 0. The predicted octanol–water partition coefficient (Wildman–Crippen LogP) is 10.3. The van der Waals surface area contributed by atoms with Crippen LogP contribution in [0.5, 0.6) is 0 Å². The molecule has 0 atom stereocenters. The van der Waals surface area contributed by atoms with Crippen LogP contribution in [0.2, 0.25) is 39.3 Å². The van der Waals surface area contributed by atoms with Crippen LogP contribution in [0, 0.1) is 0 Å². The van der Waals surface area contributed by atoms with E-state index in [1.807, 2.05) is 25.3 Å². The Labute approximate surface area is 264 Å². The molecule has 0 spiro atoms. The normalized spacial score (nSPS) is 9.29. The second kappa shape index (κ2) is 28.3. The molecule has 0 amide bonds. The summed E-state index contributed by atoms with van der Waals surface area (Å²) in [6.07, 6.45) is 0. The molecule has 0 saturated heterocycles. The first kappa shape index (κ1) is 58.8. The van der Waals surface area contributed by atoms with Crippen molar-refractivity contribution in [1.82, 2.24) is 0 Å². The monoisotopic (exact) mass is 626 g/mol. The lowest BCUT2D eigenvalue weighted by atomic mass is 10.4. The molecule has 244 valence electrons. The fourth-order valence-corrected chi connectivity index (χ4v) is 6.56. The Balaban J connectivity index is -0.0000000654. The van der Waals surface area contributed by atoms with E-state index in [1.165, 1.54) is 15.6 Å². The van der Waals surface area contributed by atoms with E-state index in [-0.39, 0.29) is 59.4 Å². The molecule has 0 fully saturated rings. The molecule has 6 heteroatoms. The molecule has 3 rings (SSSR count). The molecular formula is C35H74O3Si3. The van der Waals surface area contributed by atoms with E-state index < -0.39 is 25.0 Å². The van der Waals surface area contributed by atoms with Gasteiger partial charge in [0.05, 0.1) is 0 Å². The average molecular weight is 627 g/mol. The molecule has 0 radical (unpaired) electrons. The van der Waals surface area contributed by atoms with Crippen molar-refractivity contribution in [3.05, 3.63) is 91.0 Å². The quantitative estimate of drug-likeness (QED) is 0.255. The zero-order valence-corrected chi connectivity index (χ0v) is 24.9. The Bertz CT molecular complexity index is 859. The van der Waals surface area contributed by atoms with Gasteiger partial charge in [-0.05, 0) is 54.8 Å². The highest BCUT2D eigenvalue weighted by Gasteiger charge is 2.32. The number of hydrogen-bond donors (Lipinski definition) is 0. The molecule has 0 heterocycles. The fourth-order valence-electron chi connectivity index (χ4n) is 2.87. The predicted molar refractivity (Wildman–Crippen MR) is 206 cm³/mol. The first-order valence-corrected chi connectivity index (χ1v) is 20.0. The zero-order chi connectivity index (χ0) is 25.0. The summed E-state index contributed by atoms with van der Waals surface area (Å²) in [5, 5.41) is 3.97. The summed E-state index contributed by atoms with van der Waals surface area (Å²) in [6.45, 7) is 13.1. The first-order valence-electron chi connectivity index (χ1n) is 11.3. The summed E-state index contributed by atoms with van der Waals surface area (Å²) in [5.74, 6) is 0. The molecule has 0 aliphatic carbocycles. The Morgan fingerprint density at radius 2 is 0.610 bits per heavy atom. The fraction of sp³-hybridized carbons (Fsp3) is 0.486. The van der Waals surface area contributed by atoms with Crippen molar-refractivity contribution in [1.29, 1.82) is 0 Å². The molecule has 3 nitrogen and oxygen atoms in total. The maximum atomic E-state index is 5.85. The largest absolute Gasteiger partial charge is 0.421 e. The summed E-state index contributed by atoms with van der Waals surface area (Å²) < 4.78 is 16.4. The van der Waals surface area contributed by atoms with Gasteiger partial charge in [0, 0.05) is 21.3 Å². The molecule has 0 aromatic heterocycles. The standard InChI is InChI=1S/C14H16OSi.C9H14OSi.C4H12OSi.8CH4/c1-15-16(2,13-9-5-3-6-10-13)14-11-7-4-8-12-14;1-10-11(2,3)9-7-5-4-6-8-9;1-5-6(2,3)4;;;;;;;;/h3-12H,1-2H3;4-8H,1-3H3;1-4H3;8*1H4. The van der Waals surface area contributed by atoms with Gasteiger partial charge in [0.15, 0.2) is 8.32 Å². The summed E-state index contributed by atoms with van der Waals surface area (Å²) in [7, 11) is 0.713. The SMILES string of the molecule is C.C.C.C.C.C.C.C.CO[Si](C)(C)C.CO[Si](C)(C)c1ccccc1.CO[Si](C)(c1ccccc1)c1ccccc1. The third-order valence-electron chi connectivity index (χ3n) is 5.65. The molecule has 0 saturated carbocycles. The van der Waals surface area contributed by atoms with E-state index in [4.69, 9.17) is 13.3 Å². The Morgan fingerprint density at radius 3 is 0.805 bits per heavy atom. The van der Waals surface area contributed by atoms with Crippen LogP contribution in [0.1, 0.15) is 59.4 Å². The van der Waals surface area contributed by atoms with E-state index in [9.17, 15) is 0 Å². The molecule has 0 unspecified atom stereocenters. The van der Waals surface area contributed by atoms with Crippen LogP contribution in [0.25, 0.3) is 0 Å². The van der Waals surface area contributed by atoms with Crippen molar-refractivity contribution in [3.8, 4) is 0 Å². The van der Waals surface area contributed by atoms with Crippen molar-refractivity contribution >= 4 is 40.5 Å². The third kappa shape index (κ3) is 20.7. The lowest BCUT2D eigenvalue weighted by Crippen LogP contribution is -2.57. The second-order valence-corrected chi connectivity index (χ2v) is 21.6. The van der Waals surface area contributed by atoms with Crippen molar-refractivity contribution < 1.29 is 13.3 Å². The van der Waals surface area contributed by atoms with E-state index in [2.05, 4.69) is 112 Å². The maximum absolute atomic E-state index is 5.85. The number of hydrogen-bond acceptors (Lipinski definition) is 3. The Kier molecular flexibility index (Phi) is 40.6. The lowest BCUT2D eigenvalue weighted by Gasteiger charge is -2.26. The van der Waals surface area contributed by atoms with Gasteiger partial charge in [-0.15, -0.1) is 0 Å². The average Bonchev–Trinajstić information content (AvgIpc) is 2.85. The molecule has 3 aromatic rings. The van der Waals surface area contributed by atoms with Gasteiger partial charge >= 0.3 is 0 Å². The van der Waals surface area contributed by atoms with Crippen LogP contribution >= 0.6 is 0 Å². The van der Waals surface area contributed by atoms with E-state index in [1.54, 1.807) is 14.2 Å². The molecule has 41 heavy (non-hydrogen) atoms. The van der Waals surface area contributed by atoms with Crippen LogP contribution in [0.4, 0.5) is 0 Å². The lowest BCUT2D eigenvalue weighted by molar-refractivity contribution is 0.411. The van der Waals surface area contributed by atoms with Crippen LogP contribution < -0.4 is 15.6 Å². The van der Waals surface area contributed by atoms with E-state index in [0.717, 1.165) is 0 Å². The summed E-state index contributed by atoms with van der Waals surface area (Å²) in [6, 6.07) is 31.4. The van der Waals surface area contributed by atoms with Gasteiger partial charge in [0.25, 0.3) is 8.32 Å². The van der Waals surface area contributed by atoms with E-state index in [0.29, 0.717) is 0 Å². The van der Waals surface area contributed by atoms with Gasteiger partial charge in [-0.25, -0.2) is 0 Å². The maximum Gasteiger partial charge on any atom is 0.252 e. The highest BCUT2D eigenvalue weighted by Crippen LogP contribution is 2.06. The van der Waals surface area contributed by atoms with Crippen molar-refractivity contribution in [2.75, 3.05) is 21.3 Å². The van der Waals surface area contributed by atoms with Gasteiger partial charge in [0.2, 0.25) is 8.32 Å². The molecule has 3 aromatic carbocycles. The summed E-state index contributed by atoms with van der Waals surface area (Å²) in [4.78, 5) is 0. The smallest absolute Gasteiger partial charge is 0.252 e. The highest BCUT2D eigenvalue weighted by molar-refractivity contribution is 6.96. The Morgan fingerprint density at radius 1 is 0.366 bits per heavy atom. The molecule has 0 bridgehead atoms. The molecule has 0 aliphatic heterocycles. The van der Waals surface area contributed by atoms with Crippen LogP contribution in [-0.4, -0.2) is 46.3 Å². The van der Waals surface area contributed by atoms with E-state index >= 15 is 0 Å². The van der Waals surface area contributed by atoms with Gasteiger partial charge in [-0.3, -0.25) is 0 Å². The van der Waals surface area contributed by atoms with Crippen LogP contribution in [-0.2, 0) is 13.3 Å². The van der Waals surface area contributed by atoms with Crippen molar-refractivity contribution in [2.24, 2.45) is 0 Å². The summed E-state index contributed by atoms with van der Waals surface area (Å²) in [5.41, 5.74) is 0. The minimum atomic E-state index is -1.98. The zero-order valence-electron chi connectivity index (χ0n) is 21.9. The van der Waals surface area contributed by atoms with Crippen LogP contribution in [0.15, 0.2) is 91.0 Å². The minimum Gasteiger partial charge on any atom is -0.421 e. The van der Waals surface area contributed by atoms with Crippen molar-refractivity contribution in [2.45, 2.75) is 98.7 Å². The van der Waals surface area contributed by atoms with Gasteiger partial charge in [-0.2, -0.15) is 0 Å². The van der Waals surface area contributed by atoms with Crippen molar-refractivity contribution in [3.63, 3.8) is 0 Å². The Hall–Kier alpha value is -1.81. The number of rotatable bonds is 6. The van der Waals surface area contributed by atoms with Crippen LogP contribution in [0.3, 0.4) is 0 Å². The van der Waals surface area contributed by atoms with Gasteiger partial charge < -0.3 is 13.3 Å². The second-order valence-electron chi connectivity index (χ2n) is 9.37. The molecule has 0 aliphatic rings. The third-order valence-corrected chi connectivity index (χ3v) is 13.3. The van der Waals surface area contributed by atoms with Gasteiger partial charge in [0.1, 0.15) is 0 Å². The summed E-state index contributed by atoms with van der Waals surface area (Å²) >= 11 is 0. The van der Waals surface area contributed by atoms with Gasteiger partial charge in [-0.1, -0.05) is 150 Å². The molecular weight excluding hydrogens is 553 g/mol. The molecule has 0 N–H and O–H groups in total. The highest BCUT2D eigenvalue weighted by atomic mass is 28.4.